The number of likely N-dealkylation sites (tertiary alicyclic amines) is 1. The normalized spacial score (nSPS) is 20.9. The first-order valence-corrected chi connectivity index (χ1v) is 8.24. The van der Waals surface area contributed by atoms with E-state index in [1.54, 1.807) is 24.4 Å². The molecule has 0 saturated carbocycles. The number of hydrogen-bond acceptors (Lipinski definition) is 3. The third-order valence-electron chi connectivity index (χ3n) is 4.71. The van der Waals surface area contributed by atoms with Gasteiger partial charge in [-0.05, 0) is 49.4 Å². The lowest BCUT2D eigenvalue weighted by Crippen LogP contribution is -2.43. The summed E-state index contributed by atoms with van der Waals surface area (Å²) in [4.78, 5) is 26.9. The minimum absolute atomic E-state index is 0.100. The summed E-state index contributed by atoms with van der Waals surface area (Å²) in [5, 5.41) is 2.81. The van der Waals surface area contributed by atoms with Crippen LogP contribution >= 0.6 is 0 Å². The second kappa shape index (κ2) is 6.55. The summed E-state index contributed by atoms with van der Waals surface area (Å²) in [5.74, 6) is 1.31. The van der Waals surface area contributed by atoms with Crippen LogP contribution < -0.4 is 10.9 Å². The highest BCUT2D eigenvalue weighted by Gasteiger charge is 2.33. The SMILES string of the molecule is Cc1ccn(C)c(=O)c1NC(=O)N1CC[C@H](C)C[C@@H]1c1ccco1. The number of amides is 2. The molecule has 2 amide bonds. The van der Waals surface area contributed by atoms with Gasteiger partial charge in [0.1, 0.15) is 11.4 Å². The van der Waals surface area contributed by atoms with Crippen LogP contribution in [0.4, 0.5) is 10.5 Å². The third-order valence-corrected chi connectivity index (χ3v) is 4.71. The Morgan fingerprint density at radius 2 is 2.17 bits per heavy atom. The Bertz CT molecular complexity index is 779. The Kier molecular flexibility index (Phi) is 4.46. The zero-order chi connectivity index (χ0) is 17.3. The van der Waals surface area contributed by atoms with Gasteiger partial charge in [-0.1, -0.05) is 6.92 Å². The fraction of sp³-hybridized carbons (Fsp3) is 0.444. The van der Waals surface area contributed by atoms with Crippen LogP contribution in [-0.2, 0) is 7.05 Å². The Hall–Kier alpha value is -2.50. The number of furan rings is 1. The summed E-state index contributed by atoms with van der Waals surface area (Å²) >= 11 is 0. The molecule has 1 fully saturated rings. The van der Waals surface area contributed by atoms with Crippen molar-refractivity contribution in [3.8, 4) is 0 Å². The maximum Gasteiger partial charge on any atom is 0.322 e. The van der Waals surface area contributed by atoms with Crippen LogP contribution in [0.3, 0.4) is 0 Å². The predicted octanol–water partition coefficient (Wildman–Crippen LogP) is 3.29. The lowest BCUT2D eigenvalue weighted by atomic mass is 9.91. The molecular weight excluding hydrogens is 306 g/mol. The third kappa shape index (κ3) is 3.09. The van der Waals surface area contributed by atoms with Crippen molar-refractivity contribution in [2.45, 2.75) is 32.7 Å². The van der Waals surface area contributed by atoms with E-state index in [1.807, 2.05) is 25.1 Å². The van der Waals surface area contributed by atoms with Crippen LogP contribution in [0.15, 0.2) is 39.9 Å². The van der Waals surface area contributed by atoms with Crippen molar-refractivity contribution in [1.82, 2.24) is 9.47 Å². The number of pyridine rings is 1. The van der Waals surface area contributed by atoms with Crippen molar-refractivity contribution in [2.24, 2.45) is 13.0 Å². The van der Waals surface area contributed by atoms with Crippen LogP contribution in [0, 0.1) is 12.8 Å². The van der Waals surface area contributed by atoms with Crippen LogP contribution in [0.1, 0.15) is 37.1 Å². The Balaban J connectivity index is 1.86. The molecule has 3 heterocycles. The molecule has 0 unspecified atom stereocenters. The van der Waals surface area contributed by atoms with Gasteiger partial charge < -0.3 is 19.2 Å². The fourth-order valence-electron chi connectivity index (χ4n) is 3.19. The molecule has 0 bridgehead atoms. The first-order chi connectivity index (χ1) is 11.5. The van der Waals surface area contributed by atoms with Crippen LogP contribution in [0.5, 0.6) is 0 Å². The summed E-state index contributed by atoms with van der Waals surface area (Å²) in [6, 6.07) is 5.20. The number of anilines is 1. The van der Waals surface area contributed by atoms with Crippen LogP contribution in [-0.4, -0.2) is 22.0 Å². The first-order valence-electron chi connectivity index (χ1n) is 8.24. The van der Waals surface area contributed by atoms with Gasteiger partial charge in [0.05, 0.1) is 12.3 Å². The number of carbonyl (C=O) groups excluding carboxylic acids is 1. The van der Waals surface area contributed by atoms with Gasteiger partial charge in [-0.2, -0.15) is 0 Å². The zero-order valence-electron chi connectivity index (χ0n) is 14.3. The van der Waals surface area contributed by atoms with Gasteiger partial charge in [-0.3, -0.25) is 4.79 Å². The highest BCUT2D eigenvalue weighted by molar-refractivity contribution is 5.90. The number of rotatable bonds is 2. The molecule has 1 N–H and O–H groups in total. The van der Waals surface area contributed by atoms with Crippen molar-refractivity contribution < 1.29 is 9.21 Å². The second-order valence-electron chi connectivity index (χ2n) is 6.57. The monoisotopic (exact) mass is 329 g/mol. The molecule has 6 nitrogen and oxygen atoms in total. The number of nitrogens with one attached hydrogen (secondary N) is 1. The Morgan fingerprint density at radius 3 is 2.88 bits per heavy atom. The van der Waals surface area contributed by atoms with Gasteiger partial charge in [0.2, 0.25) is 0 Å². The number of aromatic nitrogens is 1. The van der Waals surface area contributed by atoms with E-state index in [0.29, 0.717) is 18.2 Å². The van der Waals surface area contributed by atoms with Crippen molar-refractivity contribution in [2.75, 3.05) is 11.9 Å². The summed E-state index contributed by atoms with van der Waals surface area (Å²) in [5.41, 5.74) is 0.886. The fourth-order valence-corrected chi connectivity index (χ4v) is 3.19. The van der Waals surface area contributed by atoms with Gasteiger partial charge in [0.25, 0.3) is 5.56 Å². The maximum absolute atomic E-state index is 12.8. The number of urea groups is 1. The number of aryl methyl sites for hydroxylation is 2. The Labute approximate surface area is 141 Å². The Morgan fingerprint density at radius 1 is 1.38 bits per heavy atom. The van der Waals surface area contributed by atoms with E-state index in [2.05, 4.69) is 12.2 Å². The molecule has 128 valence electrons. The van der Waals surface area contributed by atoms with Crippen molar-refractivity contribution in [1.29, 1.82) is 0 Å². The molecule has 2 aromatic rings. The molecule has 24 heavy (non-hydrogen) atoms. The molecule has 6 heteroatoms. The maximum atomic E-state index is 12.8. The molecule has 3 rings (SSSR count). The van der Waals surface area contributed by atoms with Gasteiger partial charge in [0.15, 0.2) is 0 Å². The topological polar surface area (TPSA) is 67.5 Å². The van der Waals surface area contributed by atoms with E-state index in [4.69, 9.17) is 4.42 Å². The largest absolute Gasteiger partial charge is 0.467 e. The quantitative estimate of drug-likeness (QED) is 0.919. The number of nitrogens with zero attached hydrogens (tertiary/aromatic N) is 2. The van der Waals surface area contributed by atoms with E-state index >= 15 is 0 Å². The van der Waals surface area contributed by atoms with E-state index < -0.39 is 0 Å². The molecule has 2 atom stereocenters. The first kappa shape index (κ1) is 16.4. The number of piperidine rings is 1. The highest BCUT2D eigenvalue weighted by Crippen LogP contribution is 2.34. The second-order valence-corrected chi connectivity index (χ2v) is 6.57. The molecular formula is C18H23N3O3. The number of hydrogen-bond donors (Lipinski definition) is 1. The van der Waals surface area contributed by atoms with Crippen molar-refractivity contribution in [3.05, 3.63) is 52.3 Å². The molecule has 0 spiro atoms. The standard InChI is InChI=1S/C18H23N3O3/c1-12-6-9-21(14(11-12)15-5-4-10-24-15)18(23)19-16-13(2)7-8-20(3)17(16)22/h4-5,7-8,10,12,14H,6,9,11H2,1-3H3,(H,19,23)/t12-,14+/m0/s1. The van der Waals surface area contributed by atoms with E-state index in [-0.39, 0.29) is 17.6 Å². The molecule has 1 aliphatic rings. The molecule has 1 saturated heterocycles. The molecule has 0 aromatic carbocycles. The smallest absolute Gasteiger partial charge is 0.322 e. The molecule has 0 aliphatic carbocycles. The zero-order valence-corrected chi connectivity index (χ0v) is 14.3. The minimum atomic E-state index is -0.255. The average Bonchev–Trinajstić information content (AvgIpc) is 3.09. The number of carbonyl (C=O) groups is 1. The highest BCUT2D eigenvalue weighted by atomic mass is 16.3. The minimum Gasteiger partial charge on any atom is -0.467 e. The molecule has 1 aliphatic heterocycles. The summed E-state index contributed by atoms with van der Waals surface area (Å²) < 4.78 is 6.99. The van der Waals surface area contributed by atoms with Gasteiger partial charge in [0, 0.05) is 19.8 Å². The van der Waals surface area contributed by atoms with E-state index in [9.17, 15) is 9.59 Å². The van der Waals surface area contributed by atoms with Gasteiger partial charge in [-0.15, -0.1) is 0 Å². The lowest BCUT2D eigenvalue weighted by Gasteiger charge is -2.37. The van der Waals surface area contributed by atoms with Crippen LogP contribution in [0.2, 0.25) is 0 Å². The van der Waals surface area contributed by atoms with E-state index in [0.717, 1.165) is 24.2 Å². The van der Waals surface area contributed by atoms with Crippen LogP contribution in [0.25, 0.3) is 0 Å². The summed E-state index contributed by atoms with van der Waals surface area (Å²) in [6.07, 6.45) is 5.12. The van der Waals surface area contributed by atoms with Crippen molar-refractivity contribution in [3.63, 3.8) is 0 Å². The van der Waals surface area contributed by atoms with Crippen molar-refractivity contribution >= 4 is 11.7 Å². The average molecular weight is 329 g/mol. The molecule has 2 aromatic heterocycles. The summed E-state index contributed by atoms with van der Waals surface area (Å²) in [6.45, 7) is 4.64. The van der Waals surface area contributed by atoms with Gasteiger partial charge in [-0.25, -0.2) is 4.79 Å². The summed E-state index contributed by atoms with van der Waals surface area (Å²) in [7, 11) is 1.67. The molecule has 0 radical (unpaired) electrons. The lowest BCUT2D eigenvalue weighted by molar-refractivity contribution is 0.129. The van der Waals surface area contributed by atoms with Gasteiger partial charge >= 0.3 is 6.03 Å². The van der Waals surface area contributed by atoms with E-state index in [1.165, 1.54) is 4.57 Å². The predicted molar refractivity (Wildman–Crippen MR) is 92.0 cm³/mol.